The number of benzene rings is 2. The van der Waals surface area contributed by atoms with Crippen LogP contribution in [0.25, 0.3) is 22.6 Å². The van der Waals surface area contributed by atoms with Gasteiger partial charge in [0.2, 0.25) is 5.89 Å². The van der Waals surface area contributed by atoms with Crippen LogP contribution in [0.1, 0.15) is 19.4 Å². The third-order valence-corrected chi connectivity index (χ3v) is 4.26. The van der Waals surface area contributed by atoms with Crippen molar-refractivity contribution < 1.29 is 23.5 Å². The van der Waals surface area contributed by atoms with Gasteiger partial charge in [0.1, 0.15) is 5.52 Å². The second kappa shape index (κ2) is 6.53. The molecule has 28 heavy (non-hydrogen) atoms. The van der Waals surface area contributed by atoms with Crippen LogP contribution in [0.3, 0.4) is 0 Å². The first-order valence-electron chi connectivity index (χ1n) is 8.72. The Labute approximate surface area is 161 Å². The molecule has 7 heteroatoms. The fraction of sp³-hybridized carbons (Fsp3) is 0.190. The lowest BCUT2D eigenvalue weighted by Gasteiger charge is -2.29. The van der Waals surface area contributed by atoms with Crippen molar-refractivity contribution in [2.24, 2.45) is 0 Å². The van der Waals surface area contributed by atoms with Crippen LogP contribution >= 0.6 is 0 Å². The van der Waals surface area contributed by atoms with E-state index in [1.807, 2.05) is 49.4 Å². The molecule has 1 aliphatic heterocycles. The predicted molar refractivity (Wildman–Crippen MR) is 102 cm³/mol. The van der Waals surface area contributed by atoms with Crippen molar-refractivity contribution in [1.82, 2.24) is 4.98 Å². The lowest BCUT2D eigenvalue weighted by Crippen LogP contribution is -2.42. The third-order valence-electron chi connectivity index (χ3n) is 4.26. The van der Waals surface area contributed by atoms with E-state index in [2.05, 4.69) is 10.3 Å². The normalized spacial score (nSPS) is 15.9. The number of para-hydroxylation sites is 2. The number of hydrogen-bond acceptors (Lipinski definition) is 7. The Morgan fingerprint density at radius 3 is 2.43 bits per heavy atom. The van der Waals surface area contributed by atoms with E-state index < -0.39 is 17.7 Å². The van der Waals surface area contributed by atoms with E-state index in [0.717, 1.165) is 27.9 Å². The van der Waals surface area contributed by atoms with Crippen molar-refractivity contribution in [3.8, 4) is 11.5 Å². The van der Waals surface area contributed by atoms with Crippen LogP contribution in [-0.2, 0) is 19.1 Å². The summed E-state index contributed by atoms with van der Waals surface area (Å²) in [4.78, 5) is 28.5. The molecular weight excluding hydrogens is 360 g/mol. The minimum absolute atomic E-state index is 0.193. The molecule has 4 rings (SSSR count). The lowest BCUT2D eigenvalue weighted by molar-refractivity contribution is -0.222. The number of aromatic nitrogens is 1. The van der Waals surface area contributed by atoms with Crippen molar-refractivity contribution in [2.75, 3.05) is 5.32 Å². The molecule has 0 atom stereocenters. The molecule has 1 aromatic heterocycles. The average molecular weight is 378 g/mol. The summed E-state index contributed by atoms with van der Waals surface area (Å²) in [6, 6.07) is 13.1. The highest BCUT2D eigenvalue weighted by molar-refractivity contribution is 6.15. The summed E-state index contributed by atoms with van der Waals surface area (Å²) in [5.74, 6) is -2.19. The van der Waals surface area contributed by atoms with Gasteiger partial charge in [-0.1, -0.05) is 12.1 Å². The van der Waals surface area contributed by atoms with Gasteiger partial charge >= 0.3 is 11.9 Å². The van der Waals surface area contributed by atoms with Crippen LogP contribution in [0.2, 0.25) is 0 Å². The molecule has 7 nitrogen and oxygen atoms in total. The van der Waals surface area contributed by atoms with E-state index in [0.29, 0.717) is 5.89 Å². The maximum atomic E-state index is 12.0. The van der Waals surface area contributed by atoms with Gasteiger partial charge in [0.25, 0.3) is 5.79 Å². The highest BCUT2D eigenvalue weighted by atomic mass is 16.7. The Bertz CT molecular complexity index is 1070. The van der Waals surface area contributed by atoms with Crippen molar-refractivity contribution in [3.63, 3.8) is 0 Å². The Hall–Kier alpha value is -3.61. The van der Waals surface area contributed by atoms with Crippen LogP contribution in [0.5, 0.6) is 0 Å². The Balaban J connectivity index is 1.57. The zero-order chi connectivity index (χ0) is 19.9. The van der Waals surface area contributed by atoms with Gasteiger partial charge in [-0.05, 0) is 42.8 Å². The van der Waals surface area contributed by atoms with E-state index in [1.54, 1.807) is 0 Å². The lowest BCUT2D eigenvalue weighted by atomic mass is 10.1. The zero-order valence-corrected chi connectivity index (χ0v) is 15.6. The van der Waals surface area contributed by atoms with Crippen molar-refractivity contribution in [2.45, 2.75) is 26.6 Å². The number of cyclic esters (lactones) is 2. The molecule has 2 heterocycles. The fourth-order valence-corrected chi connectivity index (χ4v) is 2.88. The molecule has 142 valence electrons. The number of ether oxygens (including phenoxy) is 2. The second-order valence-electron chi connectivity index (χ2n) is 6.90. The number of carbonyl (C=O) groups is 2. The number of nitrogens with one attached hydrogen (secondary N) is 1. The summed E-state index contributed by atoms with van der Waals surface area (Å²) in [6.45, 7) is 4.90. The van der Waals surface area contributed by atoms with Crippen LogP contribution in [0.4, 0.5) is 5.69 Å². The molecule has 0 bridgehead atoms. The SMILES string of the molecule is Cc1cc(-c2nc3ccccc3o2)ccc1NC=C1C(=O)OC(C)(C)OC1=O. The second-order valence-corrected chi connectivity index (χ2v) is 6.90. The first-order valence-corrected chi connectivity index (χ1v) is 8.72. The predicted octanol–water partition coefficient (Wildman–Crippen LogP) is 3.94. The molecule has 0 spiro atoms. The number of oxazole rings is 1. The van der Waals surface area contributed by atoms with Gasteiger partial charge in [0.05, 0.1) is 0 Å². The molecule has 1 aliphatic rings. The summed E-state index contributed by atoms with van der Waals surface area (Å²) in [7, 11) is 0. The fourth-order valence-electron chi connectivity index (χ4n) is 2.88. The first-order chi connectivity index (χ1) is 13.3. The molecule has 0 amide bonds. The molecule has 1 N–H and O–H groups in total. The number of anilines is 1. The van der Waals surface area contributed by atoms with Crippen LogP contribution in [0.15, 0.2) is 58.7 Å². The van der Waals surface area contributed by atoms with Crippen LogP contribution in [0, 0.1) is 6.92 Å². The van der Waals surface area contributed by atoms with Gasteiger partial charge in [0.15, 0.2) is 11.2 Å². The van der Waals surface area contributed by atoms with E-state index >= 15 is 0 Å². The van der Waals surface area contributed by atoms with Gasteiger partial charge < -0.3 is 19.2 Å². The minimum Gasteiger partial charge on any atom is -0.436 e. The van der Waals surface area contributed by atoms with Crippen LogP contribution < -0.4 is 5.32 Å². The Morgan fingerprint density at radius 2 is 1.75 bits per heavy atom. The standard InChI is InChI=1S/C21H18N2O5/c1-12-10-13(18-23-16-6-4-5-7-17(16)26-18)8-9-15(12)22-11-14-19(24)27-21(2,3)28-20(14)25/h4-11,22H,1-3H3. The summed E-state index contributed by atoms with van der Waals surface area (Å²) in [5.41, 5.74) is 3.75. The number of carbonyl (C=O) groups excluding carboxylic acids is 2. The molecule has 1 fully saturated rings. The highest BCUT2D eigenvalue weighted by Crippen LogP contribution is 2.28. The summed E-state index contributed by atoms with van der Waals surface area (Å²) in [5, 5.41) is 2.96. The van der Waals surface area contributed by atoms with Gasteiger partial charge in [0, 0.05) is 31.3 Å². The Morgan fingerprint density at radius 1 is 1.04 bits per heavy atom. The minimum atomic E-state index is -1.26. The maximum Gasteiger partial charge on any atom is 0.350 e. The number of fused-ring (bicyclic) bond motifs is 1. The molecule has 2 aromatic carbocycles. The summed E-state index contributed by atoms with van der Waals surface area (Å²) < 4.78 is 15.9. The number of esters is 2. The molecule has 1 saturated heterocycles. The topological polar surface area (TPSA) is 90.7 Å². The smallest absolute Gasteiger partial charge is 0.350 e. The van der Waals surface area contributed by atoms with Crippen molar-refractivity contribution in [1.29, 1.82) is 0 Å². The quantitative estimate of drug-likeness (QED) is 0.419. The maximum absolute atomic E-state index is 12.0. The van der Waals surface area contributed by atoms with E-state index in [1.165, 1.54) is 20.0 Å². The zero-order valence-electron chi connectivity index (χ0n) is 15.6. The molecule has 3 aromatic rings. The largest absolute Gasteiger partial charge is 0.436 e. The van der Waals surface area contributed by atoms with E-state index in [9.17, 15) is 9.59 Å². The number of nitrogens with zero attached hydrogens (tertiary/aromatic N) is 1. The van der Waals surface area contributed by atoms with Crippen molar-refractivity contribution >= 4 is 28.7 Å². The highest BCUT2D eigenvalue weighted by Gasteiger charge is 2.38. The molecular formula is C21H18N2O5. The number of hydrogen-bond donors (Lipinski definition) is 1. The molecule has 0 unspecified atom stereocenters. The van der Waals surface area contributed by atoms with E-state index in [4.69, 9.17) is 13.9 Å². The van der Waals surface area contributed by atoms with Crippen molar-refractivity contribution in [3.05, 3.63) is 59.8 Å². The third kappa shape index (κ3) is 3.34. The van der Waals surface area contributed by atoms with Gasteiger partial charge in [-0.2, -0.15) is 0 Å². The van der Waals surface area contributed by atoms with Gasteiger partial charge in [-0.25, -0.2) is 14.6 Å². The number of aryl methyl sites for hydroxylation is 1. The number of rotatable bonds is 3. The van der Waals surface area contributed by atoms with Gasteiger partial charge in [-0.15, -0.1) is 0 Å². The molecule has 0 radical (unpaired) electrons. The monoisotopic (exact) mass is 378 g/mol. The molecule has 0 saturated carbocycles. The average Bonchev–Trinajstić information content (AvgIpc) is 3.05. The molecule has 0 aliphatic carbocycles. The van der Waals surface area contributed by atoms with Gasteiger partial charge in [-0.3, -0.25) is 0 Å². The Kier molecular flexibility index (Phi) is 4.15. The van der Waals surface area contributed by atoms with Crippen LogP contribution in [-0.4, -0.2) is 22.7 Å². The van der Waals surface area contributed by atoms with E-state index in [-0.39, 0.29) is 5.57 Å². The first kappa shape index (κ1) is 17.8. The summed E-state index contributed by atoms with van der Waals surface area (Å²) >= 11 is 0. The summed E-state index contributed by atoms with van der Waals surface area (Å²) in [6.07, 6.45) is 1.29.